The number of urea groups is 1. The van der Waals surface area contributed by atoms with Crippen molar-refractivity contribution in [1.82, 2.24) is 29.5 Å². The zero-order chi connectivity index (χ0) is 23.1. The molecule has 0 aliphatic carbocycles. The molecule has 0 unspecified atom stereocenters. The van der Waals surface area contributed by atoms with Gasteiger partial charge in [-0.1, -0.05) is 11.6 Å². The molecule has 2 aliphatic heterocycles. The second kappa shape index (κ2) is 8.62. The highest BCUT2D eigenvalue weighted by atomic mass is 35.5. The first-order chi connectivity index (χ1) is 15.9. The van der Waals surface area contributed by atoms with E-state index in [2.05, 4.69) is 24.6 Å². The van der Waals surface area contributed by atoms with Crippen LogP contribution in [0, 0.1) is 5.82 Å². The number of piperidine rings is 1. The Morgan fingerprint density at radius 1 is 1.12 bits per heavy atom. The fourth-order valence-electron chi connectivity index (χ4n) is 4.63. The van der Waals surface area contributed by atoms with E-state index < -0.39 is 0 Å². The summed E-state index contributed by atoms with van der Waals surface area (Å²) in [4.78, 5) is 22.5. The van der Waals surface area contributed by atoms with Gasteiger partial charge in [0.15, 0.2) is 5.82 Å². The minimum atomic E-state index is -0.333. The van der Waals surface area contributed by atoms with Gasteiger partial charge in [-0.05, 0) is 48.7 Å². The second-order valence-corrected chi connectivity index (χ2v) is 9.15. The van der Waals surface area contributed by atoms with Crippen LogP contribution < -0.4 is 4.90 Å². The number of nitrogens with zero attached hydrogens (tertiary/aromatic N) is 7. The predicted molar refractivity (Wildman–Crippen MR) is 123 cm³/mol. The highest BCUT2D eigenvalue weighted by Gasteiger charge is 2.31. The number of benzene rings is 1. The Morgan fingerprint density at radius 3 is 2.61 bits per heavy atom. The van der Waals surface area contributed by atoms with E-state index >= 15 is 0 Å². The standard InChI is InChI=1S/C23H25ClFN7O/c1-29(2)23(33)31-13-16-11-17(24)3-5-19(16)32-21(14-31)27-28-22(32)15-7-9-30(10-8-15)20-6-4-18(25)12-26-20/h3-6,11-12,15H,7-10,13-14H2,1-2H3. The Labute approximate surface area is 196 Å². The van der Waals surface area contributed by atoms with E-state index in [1.807, 2.05) is 18.2 Å². The zero-order valence-corrected chi connectivity index (χ0v) is 19.3. The van der Waals surface area contributed by atoms with Gasteiger partial charge in [0.1, 0.15) is 17.5 Å². The number of fused-ring (bicyclic) bond motifs is 3. The lowest BCUT2D eigenvalue weighted by Crippen LogP contribution is -2.38. The highest BCUT2D eigenvalue weighted by Crippen LogP contribution is 2.34. The number of carbonyl (C=O) groups excluding carboxylic acids is 1. The third-order valence-corrected chi connectivity index (χ3v) is 6.52. The molecule has 0 radical (unpaired) electrons. The van der Waals surface area contributed by atoms with E-state index in [1.165, 1.54) is 12.3 Å². The van der Waals surface area contributed by atoms with E-state index in [0.717, 1.165) is 54.6 Å². The van der Waals surface area contributed by atoms with Crippen molar-refractivity contribution in [1.29, 1.82) is 0 Å². The summed E-state index contributed by atoms with van der Waals surface area (Å²) in [6, 6.07) is 8.83. The molecule has 0 bridgehead atoms. The monoisotopic (exact) mass is 469 g/mol. The molecule has 1 saturated heterocycles. The van der Waals surface area contributed by atoms with Crippen LogP contribution in [0.5, 0.6) is 0 Å². The lowest BCUT2D eigenvalue weighted by Gasteiger charge is -2.32. The van der Waals surface area contributed by atoms with Crippen molar-refractivity contribution in [2.45, 2.75) is 31.8 Å². The molecule has 33 heavy (non-hydrogen) atoms. The van der Waals surface area contributed by atoms with Gasteiger partial charge in [0.2, 0.25) is 0 Å². The average molecular weight is 470 g/mol. The Kier molecular flexibility index (Phi) is 5.65. The molecular weight excluding hydrogens is 445 g/mol. The number of aromatic nitrogens is 4. The van der Waals surface area contributed by atoms with E-state index in [-0.39, 0.29) is 17.8 Å². The number of amides is 2. The minimum Gasteiger partial charge on any atom is -0.357 e. The molecular formula is C23H25ClFN7O. The van der Waals surface area contributed by atoms with Gasteiger partial charge in [-0.3, -0.25) is 4.57 Å². The number of rotatable bonds is 2. The molecule has 8 nitrogen and oxygen atoms in total. The van der Waals surface area contributed by atoms with Crippen LogP contribution >= 0.6 is 11.6 Å². The SMILES string of the molecule is CN(C)C(=O)N1Cc2cc(Cl)ccc2-n2c(nnc2C2CCN(c3ccc(F)cn3)CC2)C1. The van der Waals surface area contributed by atoms with Crippen molar-refractivity contribution < 1.29 is 9.18 Å². The second-order valence-electron chi connectivity index (χ2n) is 8.71. The Balaban J connectivity index is 1.45. The first-order valence-corrected chi connectivity index (χ1v) is 11.3. The number of anilines is 1. The summed E-state index contributed by atoms with van der Waals surface area (Å²) in [6.07, 6.45) is 3.00. The molecule has 1 fully saturated rings. The van der Waals surface area contributed by atoms with Crippen molar-refractivity contribution in [3.05, 3.63) is 64.6 Å². The zero-order valence-electron chi connectivity index (χ0n) is 18.6. The molecule has 0 saturated carbocycles. The van der Waals surface area contributed by atoms with Gasteiger partial charge < -0.3 is 14.7 Å². The Hall–Kier alpha value is -3.20. The quantitative estimate of drug-likeness (QED) is 0.570. The minimum absolute atomic E-state index is 0.0842. The van der Waals surface area contributed by atoms with Crippen molar-refractivity contribution >= 4 is 23.4 Å². The first-order valence-electron chi connectivity index (χ1n) is 11.0. The van der Waals surface area contributed by atoms with Crippen LogP contribution in [0.15, 0.2) is 36.5 Å². The third-order valence-electron chi connectivity index (χ3n) is 6.28. The Bertz CT molecular complexity index is 1170. The molecule has 4 heterocycles. The lowest BCUT2D eigenvalue weighted by molar-refractivity contribution is 0.164. The topological polar surface area (TPSA) is 70.4 Å². The Morgan fingerprint density at radius 2 is 1.91 bits per heavy atom. The lowest BCUT2D eigenvalue weighted by atomic mass is 9.95. The fraction of sp³-hybridized carbons (Fsp3) is 0.391. The maximum Gasteiger partial charge on any atom is 0.320 e. The van der Waals surface area contributed by atoms with Gasteiger partial charge in [-0.15, -0.1) is 10.2 Å². The summed E-state index contributed by atoms with van der Waals surface area (Å²) in [6.45, 7) is 2.41. The van der Waals surface area contributed by atoms with Crippen molar-refractivity contribution in [2.75, 3.05) is 32.1 Å². The highest BCUT2D eigenvalue weighted by molar-refractivity contribution is 6.30. The van der Waals surface area contributed by atoms with Crippen molar-refractivity contribution in [3.63, 3.8) is 0 Å². The van der Waals surface area contributed by atoms with Gasteiger partial charge in [-0.2, -0.15) is 0 Å². The summed E-state index contributed by atoms with van der Waals surface area (Å²) >= 11 is 6.30. The third kappa shape index (κ3) is 4.13. The first kappa shape index (κ1) is 21.6. The number of hydrogen-bond acceptors (Lipinski definition) is 5. The molecule has 0 spiro atoms. The number of hydrogen-bond donors (Lipinski definition) is 0. The van der Waals surface area contributed by atoms with Crippen LogP contribution in [0.1, 0.15) is 36.0 Å². The van der Waals surface area contributed by atoms with Crippen molar-refractivity contribution in [3.8, 4) is 5.69 Å². The average Bonchev–Trinajstić information content (AvgIpc) is 3.15. The van der Waals surface area contributed by atoms with Crippen LogP contribution in [0.25, 0.3) is 5.69 Å². The van der Waals surface area contributed by atoms with Gasteiger partial charge >= 0.3 is 6.03 Å². The molecule has 10 heteroatoms. The molecule has 0 atom stereocenters. The molecule has 172 valence electrons. The summed E-state index contributed by atoms with van der Waals surface area (Å²) in [7, 11) is 3.48. The molecule has 2 aliphatic rings. The van der Waals surface area contributed by atoms with E-state index in [1.54, 1.807) is 30.0 Å². The predicted octanol–water partition coefficient (Wildman–Crippen LogP) is 3.84. The largest absolute Gasteiger partial charge is 0.357 e. The molecule has 2 aromatic heterocycles. The van der Waals surface area contributed by atoms with E-state index in [0.29, 0.717) is 18.1 Å². The van der Waals surface area contributed by atoms with Gasteiger partial charge in [-0.25, -0.2) is 14.2 Å². The van der Waals surface area contributed by atoms with E-state index in [9.17, 15) is 9.18 Å². The molecule has 3 aromatic rings. The summed E-state index contributed by atoms with van der Waals surface area (Å²) in [5.41, 5.74) is 1.93. The smallest absolute Gasteiger partial charge is 0.320 e. The van der Waals surface area contributed by atoms with Crippen LogP contribution in [0.4, 0.5) is 15.0 Å². The number of pyridine rings is 1. The van der Waals surface area contributed by atoms with Crippen LogP contribution in [0.2, 0.25) is 5.02 Å². The number of halogens is 2. The van der Waals surface area contributed by atoms with Gasteiger partial charge in [0, 0.05) is 38.1 Å². The maximum atomic E-state index is 13.2. The number of carbonyl (C=O) groups is 1. The molecule has 2 amide bonds. The molecule has 1 aromatic carbocycles. The normalized spacial score (nSPS) is 16.2. The molecule has 5 rings (SSSR count). The molecule has 0 N–H and O–H groups in total. The van der Waals surface area contributed by atoms with Gasteiger partial charge in [0.05, 0.1) is 25.0 Å². The van der Waals surface area contributed by atoms with Crippen LogP contribution in [-0.4, -0.2) is 62.8 Å². The summed E-state index contributed by atoms with van der Waals surface area (Å²) in [5, 5.41) is 9.70. The van der Waals surface area contributed by atoms with Crippen LogP contribution in [-0.2, 0) is 13.1 Å². The summed E-state index contributed by atoms with van der Waals surface area (Å²) < 4.78 is 15.3. The summed E-state index contributed by atoms with van der Waals surface area (Å²) in [5.74, 6) is 2.30. The maximum absolute atomic E-state index is 13.2. The van der Waals surface area contributed by atoms with Crippen molar-refractivity contribution in [2.24, 2.45) is 0 Å². The van der Waals surface area contributed by atoms with E-state index in [4.69, 9.17) is 11.6 Å². The van der Waals surface area contributed by atoms with Crippen LogP contribution in [0.3, 0.4) is 0 Å². The fourth-order valence-corrected chi connectivity index (χ4v) is 4.83. The van der Waals surface area contributed by atoms with Gasteiger partial charge in [0.25, 0.3) is 0 Å².